The van der Waals surface area contributed by atoms with Crippen molar-refractivity contribution in [3.63, 3.8) is 0 Å². The summed E-state index contributed by atoms with van der Waals surface area (Å²) in [6, 6.07) is 4.81. The van der Waals surface area contributed by atoms with Crippen LogP contribution in [0.1, 0.15) is 0 Å². The minimum Gasteiger partial charge on any atom is -0.490 e. The average Bonchev–Trinajstić information content (AvgIpc) is 2.93. The van der Waals surface area contributed by atoms with E-state index in [4.69, 9.17) is 4.74 Å². The van der Waals surface area contributed by atoms with Crippen molar-refractivity contribution in [1.82, 2.24) is 14.7 Å². The van der Waals surface area contributed by atoms with E-state index in [0.29, 0.717) is 0 Å². The fraction of sp³-hybridized carbons (Fsp3) is 0.357. The third-order valence-electron chi connectivity index (χ3n) is 3.12. The van der Waals surface area contributed by atoms with Gasteiger partial charge in [0.1, 0.15) is 0 Å². The summed E-state index contributed by atoms with van der Waals surface area (Å²) < 4.78 is 6.93. The first-order chi connectivity index (χ1) is 10.0. The van der Waals surface area contributed by atoms with Gasteiger partial charge in [-0.15, -0.1) is 0 Å². The number of hydrogen-bond donors (Lipinski definition) is 0. The number of hydrogen-bond acceptors (Lipinski definition) is 5. The van der Waals surface area contributed by atoms with Gasteiger partial charge in [-0.25, -0.2) is 0 Å². The number of aromatic nitrogens is 2. The molecule has 2 aromatic rings. The maximum atomic E-state index is 10.9. The highest BCUT2D eigenvalue weighted by molar-refractivity contribution is 5.67. The third kappa shape index (κ3) is 3.57. The smallest absolute Gasteiger partial charge is 0.310 e. The second-order valence-electron chi connectivity index (χ2n) is 4.94. The molecule has 0 spiro atoms. The predicted octanol–water partition coefficient (Wildman–Crippen LogP) is 2.03. The van der Waals surface area contributed by atoms with Crippen molar-refractivity contribution in [2.75, 3.05) is 27.7 Å². The fourth-order valence-corrected chi connectivity index (χ4v) is 1.95. The Labute approximate surface area is 122 Å². The summed E-state index contributed by atoms with van der Waals surface area (Å²) in [5, 5.41) is 15.2. The molecule has 1 aromatic heterocycles. The average molecular weight is 290 g/mol. The van der Waals surface area contributed by atoms with Gasteiger partial charge >= 0.3 is 5.69 Å². The summed E-state index contributed by atoms with van der Waals surface area (Å²) in [6.45, 7) is 1.68. The first-order valence-electron chi connectivity index (χ1n) is 6.51. The quantitative estimate of drug-likeness (QED) is 0.601. The summed E-state index contributed by atoms with van der Waals surface area (Å²) in [7, 11) is 5.43. The van der Waals surface area contributed by atoms with E-state index in [1.54, 1.807) is 18.3 Å². The first-order valence-corrected chi connectivity index (χ1v) is 6.51. The minimum absolute atomic E-state index is 0.0405. The Kier molecular flexibility index (Phi) is 4.54. The number of methoxy groups -OCH3 is 1. The molecule has 7 heteroatoms. The lowest BCUT2D eigenvalue weighted by Crippen LogP contribution is -2.18. The van der Waals surface area contributed by atoms with Crippen molar-refractivity contribution in [2.45, 2.75) is 6.54 Å². The molecular formula is C14H18N4O3. The number of ether oxygens (including phenoxy) is 1. The molecule has 0 saturated heterocycles. The van der Waals surface area contributed by atoms with Crippen molar-refractivity contribution in [2.24, 2.45) is 0 Å². The zero-order chi connectivity index (χ0) is 15.4. The van der Waals surface area contributed by atoms with Crippen molar-refractivity contribution in [1.29, 1.82) is 0 Å². The Morgan fingerprint density at radius 3 is 2.76 bits per heavy atom. The highest BCUT2D eigenvalue weighted by atomic mass is 16.6. The summed E-state index contributed by atoms with van der Waals surface area (Å²) in [5.74, 6) is 0.249. The van der Waals surface area contributed by atoms with Crippen molar-refractivity contribution >= 4 is 5.69 Å². The van der Waals surface area contributed by atoms with Gasteiger partial charge in [0.25, 0.3) is 0 Å². The van der Waals surface area contributed by atoms with Gasteiger partial charge < -0.3 is 9.64 Å². The number of nitrogens with zero attached hydrogens (tertiary/aromatic N) is 4. The Bertz CT molecular complexity index is 637. The van der Waals surface area contributed by atoms with Crippen molar-refractivity contribution in [3.8, 4) is 16.9 Å². The van der Waals surface area contributed by atoms with E-state index in [2.05, 4.69) is 10.00 Å². The zero-order valence-corrected chi connectivity index (χ0v) is 12.3. The van der Waals surface area contributed by atoms with Crippen LogP contribution >= 0.6 is 0 Å². The van der Waals surface area contributed by atoms with E-state index in [1.807, 2.05) is 25.0 Å². The van der Waals surface area contributed by atoms with Crippen molar-refractivity contribution in [3.05, 3.63) is 40.7 Å². The van der Waals surface area contributed by atoms with E-state index in [9.17, 15) is 10.1 Å². The van der Waals surface area contributed by atoms with E-state index in [-0.39, 0.29) is 11.4 Å². The molecule has 0 amide bonds. The van der Waals surface area contributed by atoms with Gasteiger partial charge in [-0.1, -0.05) is 0 Å². The molecule has 21 heavy (non-hydrogen) atoms. The van der Waals surface area contributed by atoms with E-state index in [0.717, 1.165) is 24.2 Å². The van der Waals surface area contributed by atoms with Crippen LogP contribution in [0.25, 0.3) is 11.1 Å². The van der Waals surface area contributed by atoms with Gasteiger partial charge in [-0.05, 0) is 31.8 Å². The highest BCUT2D eigenvalue weighted by Gasteiger charge is 2.15. The van der Waals surface area contributed by atoms with E-state index in [1.165, 1.54) is 13.2 Å². The van der Waals surface area contributed by atoms with Gasteiger partial charge in [0.05, 0.1) is 24.8 Å². The normalized spacial score (nSPS) is 10.9. The third-order valence-corrected chi connectivity index (χ3v) is 3.12. The van der Waals surface area contributed by atoms with Gasteiger partial charge in [0.15, 0.2) is 5.75 Å². The molecule has 0 fully saturated rings. The molecule has 0 atom stereocenters. The Morgan fingerprint density at radius 2 is 2.14 bits per heavy atom. The Hall–Kier alpha value is -2.41. The van der Waals surface area contributed by atoms with Crippen LogP contribution < -0.4 is 4.74 Å². The molecule has 7 nitrogen and oxygen atoms in total. The molecule has 0 saturated carbocycles. The number of rotatable bonds is 6. The number of nitro groups is 1. The highest BCUT2D eigenvalue weighted by Crippen LogP contribution is 2.31. The molecule has 0 radical (unpaired) electrons. The number of nitro benzene ring substituents is 1. The van der Waals surface area contributed by atoms with Gasteiger partial charge in [0.2, 0.25) is 0 Å². The summed E-state index contributed by atoms with van der Waals surface area (Å²) >= 11 is 0. The Morgan fingerprint density at radius 1 is 1.38 bits per heavy atom. The van der Waals surface area contributed by atoms with E-state index < -0.39 is 4.92 Å². The minimum atomic E-state index is -0.455. The molecule has 1 heterocycles. The van der Waals surface area contributed by atoms with Crippen LogP contribution in [-0.2, 0) is 6.54 Å². The summed E-state index contributed by atoms with van der Waals surface area (Å²) in [4.78, 5) is 12.5. The zero-order valence-electron chi connectivity index (χ0n) is 12.3. The molecule has 0 unspecified atom stereocenters. The summed E-state index contributed by atoms with van der Waals surface area (Å²) in [6.07, 6.45) is 3.67. The van der Waals surface area contributed by atoms with Crippen LogP contribution in [0.4, 0.5) is 5.69 Å². The first kappa shape index (κ1) is 15.0. The largest absolute Gasteiger partial charge is 0.490 e. The SMILES string of the molecule is COc1cc(-c2cnn(CCN(C)C)c2)ccc1[N+](=O)[O-]. The maximum absolute atomic E-state index is 10.9. The van der Waals surface area contributed by atoms with Gasteiger partial charge in [0, 0.05) is 24.4 Å². The van der Waals surface area contributed by atoms with Crippen LogP contribution in [0.5, 0.6) is 5.75 Å². The van der Waals surface area contributed by atoms with Gasteiger partial charge in [-0.3, -0.25) is 14.8 Å². The van der Waals surface area contributed by atoms with Crippen LogP contribution in [-0.4, -0.2) is 47.4 Å². The number of likely N-dealkylation sites (N-methyl/N-ethyl adjacent to an activating group) is 1. The second-order valence-corrected chi connectivity index (χ2v) is 4.94. The van der Waals surface area contributed by atoms with Crippen LogP contribution in [0.2, 0.25) is 0 Å². The van der Waals surface area contributed by atoms with Crippen LogP contribution in [0, 0.1) is 10.1 Å². The Balaban J connectivity index is 2.24. The molecule has 1 aromatic carbocycles. The molecule has 0 aliphatic rings. The standard InChI is InChI=1S/C14H18N4O3/c1-16(2)6-7-17-10-12(9-15-17)11-4-5-13(18(19)20)14(8-11)21-3/h4-5,8-10H,6-7H2,1-3H3. The molecule has 0 bridgehead atoms. The van der Waals surface area contributed by atoms with Crippen LogP contribution in [0.3, 0.4) is 0 Å². The molecule has 112 valence electrons. The lowest BCUT2D eigenvalue weighted by Gasteiger charge is -2.08. The lowest BCUT2D eigenvalue weighted by molar-refractivity contribution is -0.385. The predicted molar refractivity (Wildman–Crippen MR) is 79.4 cm³/mol. The van der Waals surface area contributed by atoms with E-state index >= 15 is 0 Å². The maximum Gasteiger partial charge on any atom is 0.310 e. The molecule has 0 aliphatic heterocycles. The molecule has 2 rings (SSSR count). The lowest BCUT2D eigenvalue weighted by atomic mass is 10.1. The van der Waals surface area contributed by atoms with Gasteiger partial charge in [-0.2, -0.15) is 5.10 Å². The molecule has 0 aliphatic carbocycles. The number of benzene rings is 1. The monoisotopic (exact) mass is 290 g/mol. The topological polar surface area (TPSA) is 73.4 Å². The van der Waals surface area contributed by atoms with Crippen molar-refractivity contribution < 1.29 is 9.66 Å². The fourth-order valence-electron chi connectivity index (χ4n) is 1.95. The molecular weight excluding hydrogens is 272 g/mol. The second kappa shape index (κ2) is 6.36. The molecule has 0 N–H and O–H groups in total. The summed E-state index contributed by atoms with van der Waals surface area (Å²) in [5.41, 5.74) is 1.71. The van der Waals surface area contributed by atoms with Crippen LogP contribution in [0.15, 0.2) is 30.6 Å².